The number of hydrogen-bond donors (Lipinski definition) is 2. The summed E-state index contributed by atoms with van der Waals surface area (Å²) in [6.07, 6.45) is 1.34. The number of nitrogens with zero attached hydrogens (tertiary/aromatic N) is 1. The predicted molar refractivity (Wildman–Crippen MR) is 73.5 cm³/mol. The molecule has 0 unspecified atom stereocenters. The van der Waals surface area contributed by atoms with Gasteiger partial charge in [0.1, 0.15) is 17.1 Å². The number of benzene rings is 1. The van der Waals surface area contributed by atoms with Crippen molar-refractivity contribution in [3.8, 4) is 11.5 Å². The predicted octanol–water partition coefficient (Wildman–Crippen LogP) is 2.02. The van der Waals surface area contributed by atoms with Crippen LogP contribution in [0, 0.1) is 0 Å². The number of hydrogen-bond acceptors (Lipinski definition) is 4. The van der Waals surface area contributed by atoms with E-state index in [4.69, 9.17) is 9.47 Å². The van der Waals surface area contributed by atoms with E-state index in [9.17, 15) is 15.1 Å². The molecule has 0 aliphatic heterocycles. The molecule has 6 nitrogen and oxygen atoms in total. The van der Waals surface area contributed by atoms with Gasteiger partial charge in [-0.05, 0) is 10.8 Å². The van der Waals surface area contributed by atoms with Crippen molar-refractivity contribution in [2.24, 2.45) is 0 Å². The van der Waals surface area contributed by atoms with Gasteiger partial charge in [0.05, 0.1) is 19.8 Å². The maximum Gasteiger partial charge on any atom is 0.340 e. The molecule has 6 heteroatoms. The minimum atomic E-state index is -1.14. The minimum absolute atomic E-state index is 0.0309. The fraction of sp³-hybridized carbons (Fsp3) is 0.429. The van der Waals surface area contributed by atoms with E-state index in [1.165, 1.54) is 32.6 Å². The molecule has 0 amide bonds. The Morgan fingerprint density at radius 3 is 2.25 bits per heavy atom. The highest BCUT2D eigenvalue weighted by Crippen LogP contribution is 2.28. The second-order valence-electron chi connectivity index (χ2n) is 5.24. The largest absolute Gasteiger partial charge is 0.497 e. The third kappa shape index (κ3) is 3.40. The lowest BCUT2D eigenvalue weighted by Gasteiger charge is -2.12. The Bertz CT molecular complexity index is 543. The van der Waals surface area contributed by atoms with E-state index >= 15 is 0 Å². The van der Waals surface area contributed by atoms with Crippen LogP contribution in [0.15, 0.2) is 12.1 Å². The highest BCUT2D eigenvalue weighted by atomic mass is 16.5. The van der Waals surface area contributed by atoms with E-state index in [0.717, 1.165) is 4.74 Å². The molecule has 0 atom stereocenters. The molecule has 0 saturated carbocycles. The number of ether oxygens (including phenoxy) is 2. The molecule has 0 heterocycles. The van der Waals surface area contributed by atoms with Crippen LogP contribution in [-0.4, -0.2) is 47.0 Å². The lowest BCUT2D eigenvalue weighted by Crippen LogP contribution is -2.31. The first-order chi connectivity index (χ1) is 9.20. The maximum atomic E-state index is 11.4. The van der Waals surface area contributed by atoms with Crippen LogP contribution in [0.25, 0.3) is 0 Å². The van der Waals surface area contributed by atoms with E-state index in [2.05, 4.69) is 0 Å². The first-order valence-electron chi connectivity index (χ1n) is 6.03. The summed E-state index contributed by atoms with van der Waals surface area (Å²) in [5.41, 5.74) is -0.297. The first-order valence-corrected chi connectivity index (χ1v) is 6.03. The van der Waals surface area contributed by atoms with Crippen LogP contribution in [0.1, 0.15) is 36.7 Å². The molecule has 0 bridgehead atoms. The van der Waals surface area contributed by atoms with Gasteiger partial charge in [0.25, 0.3) is 0 Å². The molecule has 0 radical (unpaired) electrons. The third-order valence-electron chi connectivity index (χ3n) is 2.72. The van der Waals surface area contributed by atoms with Crippen molar-refractivity contribution in [2.75, 3.05) is 14.2 Å². The van der Waals surface area contributed by atoms with Crippen molar-refractivity contribution in [2.45, 2.75) is 26.3 Å². The van der Waals surface area contributed by atoms with Crippen molar-refractivity contribution >= 4 is 12.2 Å². The van der Waals surface area contributed by atoms with Gasteiger partial charge in [-0.25, -0.2) is 4.79 Å². The van der Waals surface area contributed by atoms with Gasteiger partial charge < -0.3 is 14.6 Å². The second kappa shape index (κ2) is 5.81. The maximum absolute atomic E-state index is 11.4. The van der Waals surface area contributed by atoms with E-state index in [1.54, 1.807) is 20.8 Å². The summed E-state index contributed by atoms with van der Waals surface area (Å²) in [6, 6.07) is 3.01. The normalized spacial score (nSPS) is 12.2. The highest BCUT2D eigenvalue weighted by molar-refractivity contribution is 6.00. The lowest BCUT2D eigenvalue weighted by atomic mass is 10.1. The van der Waals surface area contributed by atoms with Crippen LogP contribution in [0.3, 0.4) is 0 Å². The Morgan fingerprint density at radius 1 is 1.25 bits per heavy atom. The van der Waals surface area contributed by atoms with Crippen LogP contribution in [0.2, 0.25) is 0 Å². The van der Waals surface area contributed by atoms with Crippen molar-refractivity contribution in [3.63, 3.8) is 0 Å². The van der Waals surface area contributed by atoms with E-state index < -0.39 is 11.5 Å². The summed E-state index contributed by atoms with van der Waals surface area (Å²) < 4.78 is 11.1. The zero-order valence-electron chi connectivity index (χ0n) is 12.3. The summed E-state index contributed by atoms with van der Waals surface area (Å²) in [5, 5.41) is 19.3. The van der Waals surface area contributed by atoms with Gasteiger partial charge in [0, 0.05) is 26.8 Å². The van der Waals surface area contributed by atoms with Gasteiger partial charge in [-0.1, -0.05) is 0 Å². The molecule has 0 saturated heterocycles. The topological polar surface area (TPSA) is 79.0 Å². The first kappa shape index (κ1) is 15.8. The number of rotatable bonds is 4. The molecule has 2 N–H and O–H groups in total. The number of methoxy groups -OCH3 is 2. The third-order valence-corrected chi connectivity index (χ3v) is 2.72. The standard InChI is InChI=1S/C14H19NO5/c1-14(2,3)15(18)8-9-6-10(19-4)7-11(20-5)12(9)13(16)17/h6-8H,1-5H3,(H-,16,17,18)/p+1. The smallest absolute Gasteiger partial charge is 0.340 e. The van der Waals surface area contributed by atoms with Crippen LogP contribution in [-0.2, 0) is 0 Å². The zero-order valence-corrected chi connectivity index (χ0v) is 12.3. The van der Waals surface area contributed by atoms with Crippen LogP contribution < -0.4 is 9.47 Å². The van der Waals surface area contributed by atoms with Crippen LogP contribution in [0.4, 0.5) is 0 Å². The molecule has 1 aromatic rings. The summed E-state index contributed by atoms with van der Waals surface area (Å²) in [6.45, 7) is 5.38. The molecule has 0 aromatic heterocycles. The fourth-order valence-corrected chi connectivity index (χ4v) is 1.55. The van der Waals surface area contributed by atoms with Crippen molar-refractivity contribution < 1.29 is 29.3 Å². The Kier molecular flexibility index (Phi) is 4.60. The van der Waals surface area contributed by atoms with Gasteiger partial charge in [-0.2, -0.15) is 0 Å². The summed E-state index contributed by atoms with van der Waals surface area (Å²) in [5.74, 6) is -0.524. The minimum Gasteiger partial charge on any atom is -0.497 e. The summed E-state index contributed by atoms with van der Waals surface area (Å²) in [7, 11) is 2.85. The van der Waals surface area contributed by atoms with Crippen LogP contribution >= 0.6 is 0 Å². The van der Waals surface area contributed by atoms with Crippen molar-refractivity contribution in [1.29, 1.82) is 0 Å². The molecular weight excluding hydrogens is 262 g/mol. The second-order valence-corrected chi connectivity index (χ2v) is 5.24. The Morgan fingerprint density at radius 2 is 1.85 bits per heavy atom. The average Bonchev–Trinajstić information content (AvgIpc) is 2.35. The Hall–Kier alpha value is -2.24. The molecule has 1 rings (SSSR count). The quantitative estimate of drug-likeness (QED) is 0.382. The van der Waals surface area contributed by atoms with Gasteiger partial charge in [-0.15, -0.1) is 0 Å². The molecule has 0 aliphatic carbocycles. The molecule has 0 aliphatic rings. The highest BCUT2D eigenvalue weighted by Gasteiger charge is 2.27. The fourth-order valence-electron chi connectivity index (χ4n) is 1.55. The van der Waals surface area contributed by atoms with E-state index in [1.807, 2.05) is 0 Å². The Labute approximate surface area is 117 Å². The molecule has 20 heavy (non-hydrogen) atoms. The van der Waals surface area contributed by atoms with E-state index in [-0.39, 0.29) is 11.3 Å². The van der Waals surface area contributed by atoms with Crippen molar-refractivity contribution in [1.82, 2.24) is 0 Å². The summed E-state index contributed by atoms with van der Waals surface area (Å²) >= 11 is 0. The van der Waals surface area contributed by atoms with Gasteiger partial charge in [0.2, 0.25) is 11.8 Å². The molecule has 110 valence electrons. The zero-order chi connectivity index (χ0) is 15.5. The van der Waals surface area contributed by atoms with E-state index in [0.29, 0.717) is 11.3 Å². The van der Waals surface area contributed by atoms with Gasteiger partial charge in [0.15, 0.2) is 0 Å². The molecule has 0 spiro atoms. The number of carboxylic acids is 1. The lowest BCUT2D eigenvalue weighted by molar-refractivity contribution is -0.816. The Balaban J connectivity index is 3.54. The molecule has 0 fully saturated rings. The summed E-state index contributed by atoms with van der Waals surface area (Å²) in [4.78, 5) is 11.4. The number of carbonyl (C=O) groups is 1. The number of hydroxylamine groups is 1. The molecular formula is C14H20NO5+. The SMILES string of the molecule is COc1cc(C=[N+](O)C(C)(C)C)c(C(=O)O)c(OC)c1. The van der Waals surface area contributed by atoms with Crippen LogP contribution in [0.5, 0.6) is 11.5 Å². The molecule has 1 aromatic carbocycles. The number of carboxylic acid groups (broad SMARTS) is 1. The van der Waals surface area contributed by atoms with Gasteiger partial charge >= 0.3 is 5.97 Å². The average molecular weight is 282 g/mol. The van der Waals surface area contributed by atoms with Gasteiger partial charge in [-0.3, -0.25) is 5.21 Å². The number of aromatic carboxylic acids is 1. The van der Waals surface area contributed by atoms with Crippen molar-refractivity contribution in [3.05, 3.63) is 23.3 Å². The monoisotopic (exact) mass is 282 g/mol.